The Bertz CT molecular complexity index is 259. The molecule has 1 heteroatoms. The molecule has 0 unspecified atom stereocenters. The summed E-state index contributed by atoms with van der Waals surface area (Å²) in [5.74, 6) is 1.25. The van der Waals surface area contributed by atoms with E-state index >= 15 is 0 Å². The van der Waals surface area contributed by atoms with Gasteiger partial charge in [0, 0.05) is 12.8 Å². The van der Waals surface area contributed by atoms with Gasteiger partial charge < -0.3 is 0 Å². The molecule has 0 radical (unpaired) electrons. The van der Waals surface area contributed by atoms with Crippen LogP contribution in [0.1, 0.15) is 122 Å². The highest BCUT2D eigenvalue weighted by Crippen LogP contribution is 2.26. The van der Waals surface area contributed by atoms with Crippen LogP contribution in [0, 0.1) is 5.92 Å². The number of unbranched alkanes of at least 4 members (excludes halogenated alkanes) is 12. The Hall–Kier alpha value is -0.330. The molecule has 0 aromatic heterocycles. The normalized spacial score (nSPS) is 18.8. The molecule has 0 saturated heterocycles. The summed E-state index contributed by atoms with van der Waals surface area (Å²) in [6.07, 6.45) is 24.1. The van der Waals surface area contributed by atoms with E-state index < -0.39 is 0 Å². The van der Waals surface area contributed by atoms with E-state index in [0.29, 0.717) is 5.78 Å². The fraction of sp³-hybridized carbons (Fsp3) is 0.952. The second-order valence-electron chi connectivity index (χ2n) is 7.53. The van der Waals surface area contributed by atoms with Gasteiger partial charge in [0.2, 0.25) is 0 Å². The highest BCUT2D eigenvalue weighted by atomic mass is 16.1. The number of carbonyl (C=O) groups excluding carboxylic acids is 1. The second kappa shape index (κ2) is 14.3. The summed E-state index contributed by atoms with van der Waals surface area (Å²) < 4.78 is 0. The van der Waals surface area contributed by atoms with Crippen LogP contribution >= 0.6 is 0 Å². The Morgan fingerprint density at radius 3 is 1.77 bits per heavy atom. The van der Waals surface area contributed by atoms with E-state index in [-0.39, 0.29) is 0 Å². The highest BCUT2D eigenvalue weighted by molar-refractivity contribution is 5.79. The molecule has 1 saturated carbocycles. The van der Waals surface area contributed by atoms with Crippen LogP contribution in [-0.2, 0) is 4.79 Å². The Kier molecular flexibility index (Phi) is 12.8. The van der Waals surface area contributed by atoms with Gasteiger partial charge in [0.15, 0.2) is 0 Å². The molecule has 1 fully saturated rings. The quantitative estimate of drug-likeness (QED) is 0.309. The summed E-state index contributed by atoms with van der Waals surface area (Å²) in [4.78, 5) is 11.4. The molecular weight excluding hydrogens is 268 g/mol. The maximum Gasteiger partial charge on any atom is 0.133 e. The molecule has 0 aliphatic heterocycles. The Labute approximate surface area is 139 Å². The molecule has 1 nitrogen and oxygen atoms in total. The van der Waals surface area contributed by atoms with E-state index in [2.05, 4.69) is 6.92 Å². The smallest absolute Gasteiger partial charge is 0.133 e. The van der Waals surface area contributed by atoms with Crippen LogP contribution in [0.15, 0.2) is 0 Å². The number of rotatable bonds is 14. The molecule has 1 rings (SSSR count). The zero-order valence-corrected chi connectivity index (χ0v) is 15.2. The summed E-state index contributed by atoms with van der Waals surface area (Å²) in [6, 6.07) is 0. The zero-order valence-electron chi connectivity index (χ0n) is 15.2. The summed E-state index contributed by atoms with van der Waals surface area (Å²) in [5, 5.41) is 0. The first-order valence-corrected chi connectivity index (χ1v) is 10.3. The second-order valence-corrected chi connectivity index (χ2v) is 7.53. The highest BCUT2D eigenvalue weighted by Gasteiger charge is 2.18. The topological polar surface area (TPSA) is 17.1 Å². The first-order chi connectivity index (χ1) is 10.8. The third kappa shape index (κ3) is 11.3. The van der Waals surface area contributed by atoms with Gasteiger partial charge in [-0.3, -0.25) is 4.79 Å². The van der Waals surface area contributed by atoms with Crippen LogP contribution in [0.3, 0.4) is 0 Å². The zero-order chi connectivity index (χ0) is 15.9. The van der Waals surface area contributed by atoms with Crippen molar-refractivity contribution in [3.8, 4) is 0 Å². The molecule has 1 atom stereocenters. The van der Waals surface area contributed by atoms with Crippen LogP contribution in [-0.4, -0.2) is 5.78 Å². The van der Waals surface area contributed by atoms with E-state index in [0.717, 1.165) is 25.2 Å². The van der Waals surface area contributed by atoms with Crippen LogP contribution in [0.5, 0.6) is 0 Å². The first-order valence-electron chi connectivity index (χ1n) is 10.3. The van der Waals surface area contributed by atoms with Crippen molar-refractivity contribution in [3.63, 3.8) is 0 Å². The number of ketones is 1. The minimum absolute atomic E-state index is 0.519. The fourth-order valence-electron chi connectivity index (χ4n) is 3.81. The molecule has 1 aliphatic carbocycles. The van der Waals surface area contributed by atoms with Crippen LogP contribution in [0.4, 0.5) is 0 Å². The van der Waals surface area contributed by atoms with Gasteiger partial charge in [-0.15, -0.1) is 0 Å². The minimum atomic E-state index is 0.519. The van der Waals surface area contributed by atoms with Gasteiger partial charge in [-0.05, 0) is 18.8 Å². The van der Waals surface area contributed by atoms with Crippen LogP contribution in [0.2, 0.25) is 0 Å². The molecule has 0 bridgehead atoms. The van der Waals surface area contributed by atoms with Crippen molar-refractivity contribution in [1.29, 1.82) is 0 Å². The van der Waals surface area contributed by atoms with Crippen LogP contribution < -0.4 is 0 Å². The van der Waals surface area contributed by atoms with Crippen molar-refractivity contribution in [2.75, 3.05) is 0 Å². The summed E-state index contributed by atoms with van der Waals surface area (Å²) >= 11 is 0. The lowest BCUT2D eigenvalue weighted by Crippen LogP contribution is -2.14. The lowest BCUT2D eigenvalue weighted by molar-refractivity contribution is -0.121. The van der Waals surface area contributed by atoms with Gasteiger partial charge in [-0.25, -0.2) is 0 Å². The maximum atomic E-state index is 11.4. The summed E-state index contributed by atoms with van der Waals surface area (Å²) in [5.41, 5.74) is 0. The number of hydrogen-bond donors (Lipinski definition) is 0. The molecule has 0 aromatic carbocycles. The summed E-state index contributed by atoms with van der Waals surface area (Å²) in [6.45, 7) is 2.29. The van der Waals surface area contributed by atoms with E-state index in [4.69, 9.17) is 0 Å². The Balaban J connectivity index is 1.74. The lowest BCUT2D eigenvalue weighted by Gasteiger charge is -2.20. The third-order valence-electron chi connectivity index (χ3n) is 5.30. The molecule has 0 amide bonds. The minimum Gasteiger partial charge on any atom is -0.300 e. The average Bonchev–Trinajstić information content (AvgIpc) is 2.52. The van der Waals surface area contributed by atoms with Crippen molar-refractivity contribution < 1.29 is 4.79 Å². The van der Waals surface area contributed by atoms with E-state index in [9.17, 15) is 4.79 Å². The molecule has 0 N–H and O–H groups in total. The SMILES string of the molecule is CCCCCCCCCCCCCCC[C@H]1CCCC(=O)C1. The van der Waals surface area contributed by atoms with Gasteiger partial charge in [0.05, 0.1) is 0 Å². The number of carbonyl (C=O) groups is 1. The van der Waals surface area contributed by atoms with Gasteiger partial charge in [-0.1, -0.05) is 96.8 Å². The number of hydrogen-bond acceptors (Lipinski definition) is 1. The van der Waals surface area contributed by atoms with Crippen LogP contribution in [0.25, 0.3) is 0 Å². The van der Waals surface area contributed by atoms with E-state index in [1.165, 1.54) is 96.3 Å². The standard InChI is InChI=1S/C21H40O/c1-2-3-4-5-6-7-8-9-10-11-12-13-14-16-20-17-15-18-21(22)19-20/h20H,2-19H2,1H3/t20-/m0/s1. The molecule has 130 valence electrons. The molecule has 0 spiro atoms. The molecule has 0 aromatic rings. The molecule has 22 heavy (non-hydrogen) atoms. The van der Waals surface area contributed by atoms with Gasteiger partial charge in [0.1, 0.15) is 5.78 Å². The predicted octanol–water partition coefficient (Wildman–Crippen LogP) is 7.23. The largest absolute Gasteiger partial charge is 0.300 e. The molecular formula is C21H40O. The van der Waals surface area contributed by atoms with E-state index in [1.54, 1.807) is 0 Å². The first kappa shape index (κ1) is 19.7. The average molecular weight is 309 g/mol. The van der Waals surface area contributed by atoms with Gasteiger partial charge >= 0.3 is 0 Å². The van der Waals surface area contributed by atoms with Crippen molar-refractivity contribution in [1.82, 2.24) is 0 Å². The maximum absolute atomic E-state index is 11.4. The summed E-state index contributed by atoms with van der Waals surface area (Å²) in [7, 11) is 0. The Morgan fingerprint density at radius 1 is 0.773 bits per heavy atom. The van der Waals surface area contributed by atoms with Gasteiger partial charge in [-0.2, -0.15) is 0 Å². The van der Waals surface area contributed by atoms with Crippen molar-refractivity contribution in [3.05, 3.63) is 0 Å². The molecule has 0 heterocycles. The van der Waals surface area contributed by atoms with Crippen molar-refractivity contribution in [2.45, 2.75) is 122 Å². The number of Topliss-reactive ketones (excluding diaryl/α,β-unsaturated/α-hetero) is 1. The molecule has 1 aliphatic rings. The predicted molar refractivity (Wildman–Crippen MR) is 97.3 cm³/mol. The van der Waals surface area contributed by atoms with Crippen molar-refractivity contribution in [2.24, 2.45) is 5.92 Å². The third-order valence-corrected chi connectivity index (χ3v) is 5.30. The fourth-order valence-corrected chi connectivity index (χ4v) is 3.81. The van der Waals surface area contributed by atoms with Gasteiger partial charge in [0.25, 0.3) is 0 Å². The monoisotopic (exact) mass is 308 g/mol. The Morgan fingerprint density at radius 2 is 1.27 bits per heavy atom. The van der Waals surface area contributed by atoms with E-state index in [1.807, 2.05) is 0 Å². The lowest BCUT2D eigenvalue weighted by atomic mass is 9.85. The van der Waals surface area contributed by atoms with Crippen molar-refractivity contribution >= 4 is 5.78 Å².